The van der Waals surface area contributed by atoms with Crippen LogP contribution < -0.4 is 5.32 Å². The number of hydrogen-bond donors (Lipinski definition) is 2. The third-order valence-corrected chi connectivity index (χ3v) is 4.99. The second kappa shape index (κ2) is 8.04. The first-order valence-electron chi connectivity index (χ1n) is 7.78. The molecular formula is C18H23ClN2OS. The molecule has 124 valence electrons. The first kappa shape index (κ1) is 18.1. The molecule has 0 saturated heterocycles. The van der Waals surface area contributed by atoms with Crippen molar-refractivity contribution in [3.8, 4) is 0 Å². The first-order chi connectivity index (χ1) is 11.0. The van der Waals surface area contributed by atoms with E-state index >= 15 is 0 Å². The molecule has 1 aliphatic heterocycles. The van der Waals surface area contributed by atoms with Gasteiger partial charge >= 0.3 is 0 Å². The number of benzene rings is 1. The fraction of sp³-hybridized carbons (Fsp3) is 0.389. The second-order valence-corrected chi connectivity index (χ2v) is 7.23. The Kier molecular flexibility index (Phi) is 6.33. The third-order valence-electron chi connectivity index (χ3n) is 3.59. The maximum Gasteiger partial charge on any atom is 0.133 e. The van der Waals surface area contributed by atoms with Gasteiger partial charge in [-0.15, -0.1) is 0 Å². The Morgan fingerprint density at radius 3 is 2.48 bits per heavy atom. The Labute approximate surface area is 147 Å². The summed E-state index contributed by atoms with van der Waals surface area (Å²) in [5.41, 5.74) is 1.89. The molecule has 1 atom stereocenters. The van der Waals surface area contributed by atoms with Gasteiger partial charge in [0.2, 0.25) is 0 Å². The van der Waals surface area contributed by atoms with Crippen LogP contribution in [0, 0.1) is 5.92 Å². The summed E-state index contributed by atoms with van der Waals surface area (Å²) in [7, 11) is 1.76. The van der Waals surface area contributed by atoms with Gasteiger partial charge < -0.3 is 10.4 Å². The van der Waals surface area contributed by atoms with E-state index in [4.69, 9.17) is 11.6 Å². The molecule has 0 saturated carbocycles. The molecule has 23 heavy (non-hydrogen) atoms. The van der Waals surface area contributed by atoms with E-state index < -0.39 is 6.10 Å². The summed E-state index contributed by atoms with van der Waals surface area (Å²) in [6, 6.07) is 7.74. The molecule has 1 heterocycles. The van der Waals surface area contributed by atoms with E-state index in [1.54, 1.807) is 18.8 Å². The average molecular weight is 351 g/mol. The topological polar surface area (TPSA) is 44.6 Å². The number of nitrogens with one attached hydrogen (secondary N) is 1. The van der Waals surface area contributed by atoms with Crippen LogP contribution in [-0.4, -0.2) is 24.1 Å². The Morgan fingerprint density at radius 1 is 1.30 bits per heavy atom. The molecule has 0 radical (unpaired) electrons. The van der Waals surface area contributed by atoms with E-state index in [0.717, 1.165) is 38.3 Å². The lowest BCUT2D eigenvalue weighted by atomic mass is 10.0. The van der Waals surface area contributed by atoms with Gasteiger partial charge in [0.05, 0.1) is 11.8 Å². The van der Waals surface area contributed by atoms with Gasteiger partial charge in [0.1, 0.15) is 5.84 Å². The lowest BCUT2D eigenvalue weighted by Gasteiger charge is -2.17. The largest absolute Gasteiger partial charge is 0.387 e. The minimum absolute atomic E-state index is 0.123. The fourth-order valence-electron chi connectivity index (χ4n) is 2.35. The van der Waals surface area contributed by atoms with Gasteiger partial charge in [-0.3, -0.25) is 4.99 Å². The predicted octanol–water partition coefficient (Wildman–Crippen LogP) is 4.63. The zero-order valence-electron chi connectivity index (χ0n) is 13.9. The molecule has 1 aliphatic rings. The number of aliphatic hydroxyl groups is 1. The SMILES string of the molecule is CC/C=C1\C(=NC)NC(C(O)C(C)C)=C1Sc1ccc(Cl)cc1. The molecule has 0 aliphatic carbocycles. The smallest absolute Gasteiger partial charge is 0.133 e. The summed E-state index contributed by atoms with van der Waals surface area (Å²) in [6.45, 7) is 6.12. The van der Waals surface area contributed by atoms with Crippen molar-refractivity contribution in [1.82, 2.24) is 5.32 Å². The number of nitrogens with zero attached hydrogens (tertiary/aromatic N) is 1. The van der Waals surface area contributed by atoms with Gasteiger partial charge in [0, 0.05) is 27.4 Å². The minimum atomic E-state index is -0.552. The Hall–Kier alpha value is -1.23. The molecule has 0 spiro atoms. The van der Waals surface area contributed by atoms with Gasteiger partial charge in [0.25, 0.3) is 0 Å². The predicted molar refractivity (Wildman–Crippen MR) is 100 cm³/mol. The van der Waals surface area contributed by atoms with Crippen molar-refractivity contribution in [3.63, 3.8) is 0 Å². The molecule has 1 unspecified atom stereocenters. The molecule has 0 aromatic heterocycles. The van der Waals surface area contributed by atoms with Gasteiger partial charge in [-0.2, -0.15) is 0 Å². The zero-order chi connectivity index (χ0) is 17.0. The molecular weight excluding hydrogens is 328 g/mol. The second-order valence-electron chi connectivity index (χ2n) is 5.71. The Bertz CT molecular complexity index is 647. The maximum atomic E-state index is 10.6. The van der Waals surface area contributed by atoms with Crippen LogP contribution in [0.3, 0.4) is 0 Å². The highest BCUT2D eigenvalue weighted by molar-refractivity contribution is 8.03. The first-order valence-corrected chi connectivity index (χ1v) is 8.97. The van der Waals surface area contributed by atoms with E-state index in [9.17, 15) is 5.11 Å². The number of amidine groups is 1. The van der Waals surface area contributed by atoms with Crippen LogP contribution >= 0.6 is 23.4 Å². The number of halogens is 1. The lowest BCUT2D eigenvalue weighted by Crippen LogP contribution is -2.28. The zero-order valence-corrected chi connectivity index (χ0v) is 15.5. The van der Waals surface area contributed by atoms with Crippen LogP contribution in [-0.2, 0) is 0 Å². The van der Waals surface area contributed by atoms with Gasteiger partial charge in [0.15, 0.2) is 0 Å². The lowest BCUT2D eigenvalue weighted by molar-refractivity contribution is 0.156. The number of aliphatic imine (C=N–C) groups is 1. The molecule has 0 amide bonds. The van der Waals surface area contributed by atoms with Crippen LogP contribution in [0.15, 0.2) is 56.4 Å². The van der Waals surface area contributed by atoms with Crippen molar-refractivity contribution in [2.45, 2.75) is 38.2 Å². The number of thioether (sulfide) groups is 1. The Balaban J connectivity index is 2.46. The van der Waals surface area contributed by atoms with Gasteiger partial charge in [-0.05, 0) is 36.6 Å². The van der Waals surface area contributed by atoms with Crippen molar-refractivity contribution in [3.05, 3.63) is 51.5 Å². The van der Waals surface area contributed by atoms with Gasteiger partial charge in [-0.25, -0.2) is 0 Å². The van der Waals surface area contributed by atoms with Crippen molar-refractivity contribution >= 4 is 29.2 Å². The highest BCUT2D eigenvalue weighted by Crippen LogP contribution is 2.39. The Morgan fingerprint density at radius 2 is 1.96 bits per heavy atom. The third kappa shape index (κ3) is 4.19. The van der Waals surface area contributed by atoms with Crippen molar-refractivity contribution in [2.75, 3.05) is 7.05 Å². The van der Waals surface area contributed by atoms with Crippen LogP contribution in [0.4, 0.5) is 0 Å². The highest BCUT2D eigenvalue weighted by atomic mass is 35.5. The normalized spacial score (nSPS) is 19.8. The summed E-state index contributed by atoms with van der Waals surface area (Å²) in [4.78, 5) is 6.46. The number of allylic oxidation sites excluding steroid dienone is 1. The molecule has 1 aromatic rings. The fourth-order valence-corrected chi connectivity index (χ4v) is 3.55. The van der Waals surface area contributed by atoms with E-state index in [0.29, 0.717) is 0 Å². The van der Waals surface area contributed by atoms with Crippen LogP contribution in [0.2, 0.25) is 5.02 Å². The van der Waals surface area contributed by atoms with E-state index in [1.807, 2.05) is 38.1 Å². The van der Waals surface area contributed by atoms with E-state index in [2.05, 4.69) is 23.3 Å². The number of aliphatic hydroxyl groups excluding tert-OH is 1. The molecule has 0 fully saturated rings. The molecule has 2 rings (SSSR count). The van der Waals surface area contributed by atoms with Crippen molar-refractivity contribution in [1.29, 1.82) is 0 Å². The molecule has 5 heteroatoms. The summed E-state index contributed by atoms with van der Waals surface area (Å²) in [5.74, 6) is 0.940. The summed E-state index contributed by atoms with van der Waals surface area (Å²) in [5, 5.41) is 14.6. The van der Waals surface area contributed by atoms with Gasteiger partial charge in [-0.1, -0.05) is 50.2 Å². The molecule has 1 aromatic carbocycles. The summed E-state index contributed by atoms with van der Waals surface area (Å²) in [6.07, 6.45) is 2.50. The van der Waals surface area contributed by atoms with E-state index in [-0.39, 0.29) is 5.92 Å². The number of hydrogen-bond acceptors (Lipinski definition) is 3. The molecule has 0 bridgehead atoms. The minimum Gasteiger partial charge on any atom is -0.387 e. The number of rotatable bonds is 5. The van der Waals surface area contributed by atoms with Crippen LogP contribution in [0.1, 0.15) is 27.2 Å². The maximum absolute atomic E-state index is 10.6. The highest BCUT2D eigenvalue weighted by Gasteiger charge is 2.31. The van der Waals surface area contributed by atoms with Crippen LogP contribution in [0.25, 0.3) is 0 Å². The standard InChI is InChI=1S/C18H23ClN2OS/c1-5-6-14-17(23-13-9-7-12(19)8-10-13)15(16(22)11(2)3)21-18(14)20-4/h6-11,16,22H,5H2,1-4H3,(H,20,21)/b14-6-. The quantitative estimate of drug-likeness (QED) is 0.813. The average Bonchev–Trinajstić information content (AvgIpc) is 2.87. The monoisotopic (exact) mass is 350 g/mol. The molecule has 2 N–H and O–H groups in total. The van der Waals surface area contributed by atoms with Crippen molar-refractivity contribution in [2.24, 2.45) is 10.9 Å². The molecule has 3 nitrogen and oxygen atoms in total. The summed E-state index contributed by atoms with van der Waals surface area (Å²) < 4.78 is 0. The summed E-state index contributed by atoms with van der Waals surface area (Å²) >= 11 is 7.60. The van der Waals surface area contributed by atoms with Crippen LogP contribution in [0.5, 0.6) is 0 Å². The van der Waals surface area contributed by atoms with E-state index in [1.165, 1.54) is 0 Å². The van der Waals surface area contributed by atoms with Crippen molar-refractivity contribution < 1.29 is 5.11 Å².